The second-order valence-corrected chi connectivity index (χ2v) is 9.07. The van der Waals surface area contributed by atoms with Crippen LogP contribution in [0, 0.1) is 0 Å². The molecule has 7 rings (SSSR count). The van der Waals surface area contributed by atoms with Crippen LogP contribution in [0.25, 0.3) is 11.4 Å². The van der Waals surface area contributed by atoms with Gasteiger partial charge in [0, 0.05) is 51.6 Å². The monoisotopic (exact) mass is 415 g/mol. The number of aromatic nitrogens is 2. The third kappa shape index (κ3) is 1.90. The van der Waals surface area contributed by atoms with Crippen LogP contribution in [0.5, 0.6) is 23.5 Å². The zero-order valence-corrected chi connectivity index (χ0v) is 16.5. The molecule has 4 aliphatic carbocycles. The van der Waals surface area contributed by atoms with E-state index in [4.69, 9.17) is 5.73 Å². The van der Waals surface area contributed by atoms with Gasteiger partial charge in [0.25, 0.3) is 0 Å². The summed E-state index contributed by atoms with van der Waals surface area (Å²) in [7, 11) is 0. The lowest BCUT2D eigenvalue weighted by atomic mass is 10.0. The Morgan fingerprint density at radius 1 is 0.581 bits per heavy atom. The fourth-order valence-electron chi connectivity index (χ4n) is 6.25. The van der Waals surface area contributed by atoms with Gasteiger partial charge in [-0.2, -0.15) is 0 Å². The smallest absolute Gasteiger partial charge is 0.202 e. The molecule has 0 amide bonds. The van der Waals surface area contributed by atoms with Gasteiger partial charge in [-0.15, -0.1) is 0 Å². The van der Waals surface area contributed by atoms with Gasteiger partial charge < -0.3 is 26.2 Å². The molecule has 2 heterocycles. The van der Waals surface area contributed by atoms with Gasteiger partial charge in [0.2, 0.25) is 23.5 Å². The minimum atomic E-state index is 0.00610. The van der Waals surface area contributed by atoms with Crippen LogP contribution in [-0.2, 0) is 0 Å². The predicted octanol–water partition coefficient (Wildman–Crippen LogP) is 3.95. The summed E-state index contributed by atoms with van der Waals surface area (Å²) >= 11 is 0. The Kier molecular flexibility index (Phi) is 2.90. The molecule has 3 aromatic rings. The van der Waals surface area contributed by atoms with Crippen molar-refractivity contribution in [3.8, 4) is 34.9 Å². The van der Waals surface area contributed by atoms with E-state index in [1.54, 1.807) is 18.2 Å². The van der Waals surface area contributed by atoms with Crippen molar-refractivity contribution in [3.63, 3.8) is 0 Å². The molecular formula is C24H21N3O4. The number of anilines is 1. The van der Waals surface area contributed by atoms with Crippen molar-refractivity contribution in [3.05, 3.63) is 64.8 Å². The van der Waals surface area contributed by atoms with Crippen LogP contribution >= 0.6 is 0 Å². The highest BCUT2D eigenvalue weighted by atomic mass is 16.3. The molecule has 7 heteroatoms. The fraction of sp³-hybridized carbons (Fsp3) is 0.250. The molecule has 0 fully saturated rings. The maximum atomic E-state index is 11.0. The van der Waals surface area contributed by atoms with Gasteiger partial charge in [-0.1, -0.05) is 24.3 Å². The first-order chi connectivity index (χ1) is 14.9. The lowest BCUT2D eigenvalue weighted by Gasteiger charge is -2.15. The molecule has 4 unspecified atom stereocenters. The molecule has 0 saturated heterocycles. The Labute approximate surface area is 177 Å². The number of nitrogens with two attached hydrogens (primary N) is 1. The van der Waals surface area contributed by atoms with E-state index in [2.05, 4.69) is 24.3 Å². The van der Waals surface area contributed by atoms with Crippen LogP contribution in [0.4, 0.5) is 5.69 Å². The number of nitrogen functional groups attached to an aromatic ring is 1. The summed E-state index contributed by atoms with van der Waals surface area (Å²) in [5, 5.41) is 43.8. The summed E-state index contributed by atoms with van der Waals surface area (Å²) < 4.78 is 2.79. The molecule has 6 N–H and O–H groups in total. The van der Waals surface area contributed by atoms with E-state index >= 15 is 0 Å². The molecule has 0 saturated carbocycles. The van der Waals surface area contributed by atoms with Gasteiger partial charge in [-0.05, 0) is 31.0 Å². The summed E-state index contributed by atoms with van der Waals surface area (Å²) in [6.07, 6.45) is 10.0. The molecular weight excluding hydrogens is 394 g/mol. The quantitative estimate of drug-likeness (QED) is 0.321. The highest BCUT2D eigenvalue weighted by Gasteiger charge is 2.42. The summed E-state index contributed by atoms with van der Waals surface area (Å²) in [5.74, 6) is 0.455. The molecule has 0 aliphatic heterocycles. The van der Waals surface area contributed by atoms with E-state index < -0.39 is 0 Å². The molecule has 156 valence electrons. The molecule has 2 aromatic heterocycles. The topological polar surface area (TPSA) is 117 Å². The summed E-state index contributed by atoms with van der Waals surface area (Å²) in [5.41, 5.74) is 10.6. The number of nitrogens with zero attached hydrogens (tertiary/aromatic N) is 2. The van der Waals surface area contributed by atoms with Gasteiger partial charge in [-0.25, -0.2) is 0 Å². The van der Waals surface area contributed by atoms with Gasteiger partial charge >= 0.3 is 0 Å². The van der Waals surface area contributed by atoms with Crippen LogP contribution in [0.3, 0.4) is 0 Å². The zero-order valence-electron chi connectivity index (χ0n) is 16.5. The van der Waals surface area contributed by atoms with Crippen molar-refractivity contribution in [1.82, 2.24) is 9.13 Å². The van der Waals surface area contributed by atoms with Crippen LogP contribution in [0.2, 0.25) is 0 Å². The molecule has 7 nitrogen and oxygen atoms in total. The van der Waals surface area contributed by atoms with Crippen LogP contribution < -0.4 is 5.73 Å². The third-order valence-electron chi connectivity index (χ3n) is 7.48. The van der Waals surface area contributed by atoms with Crippen molar-refractivity contribution >= 4 is 5.69 Å². The van der Waals surface area contributed by atoms with Crippen molar-refractivity contribution < 1.29 is 20.4 Å². The highest BCUT2D eigenvalue weighted by molar-refractivity contribution is 5.68. The lowest BCUT2D eigenvalue weighted by Crippen LogP contribution is -2.02. The number of fused-ring (bicyclic) bond motifs is 10. The predicted molar refractivity (Wildman–Crippen MR) is 115 cm³/mol. The third-order valence-corrected chi connectivity index (χ3v) is 7.48. The van der Waals surface area contributed by atoms with Gasteiger partial charge in [0.1, 0.15) is 0 Å². The highest BCUT2D eigenvalue weighted by Crippen LogP contribution is 2.58. The van der Waals surface area contributed by atoms with Crippen LogP contribution in [0.1, 0.15) is 58.8 Å². The molecule has 4 bridgehead atoms. The minimum Gasteiger partial charge on any atom is -0.494 e. The Morgan fingerprint density at radius 3 is 1.23 bits per heavy atom. The SMILES string of the molecule is Nc1cc(-n2c(O)c3c(c2O)C2C=CC3C2)cc(-n2c(O)c3c(c2O)C2C=CC3C2)c1. The first-order valence-corrected chi connectivity index (χ1v) is 10.5. The number of hydrogen-bond acceptors (Lipinski definition) is 5. The zero-order chi connectivity index (χ0) is 21.2. The van der Waals surface area contributed by atoms with Crippen molar-refractivity contribution in [2.24, 2.45) is 0 Å². The maximum absolute atomic E-state index is 11.0. The Balaban J connectivity index is 1.42. The Hall–Kier alpha value is -3.74. The fourth-order valence-corrected chi connectivity index (χ4v) is 6.25. The van der Waals surface area contributed by atoms with E-state index in [1.807, 2.05) is 0 Å². The molecule has 31 heavy (non-hydrogen) atoms. The number of allylic oxidation sites excluding steroid dienone is 4. The second-order valence-electron chi connectivity index (χ2n) is 9.07. The van der Waals surface area contributed by atoms with E-state index in [9.17, 15) is 20.4 Å². The van der Waals surface area contributed by atoms with Crippen LogP contribution in [-0.4, -0.2) is 29.6 Å². The van der Waals surface area contributed by atoms with Crippen molar-refractivity contribution in [2.75, 3.05) is 5.73 Å². The second kappa shape index (κ2) is 5.29. The van der Waals surface area contributed by atoms with Crippen molar-refractivity contribution in [2.45, 2.75) is 36.5 Å². The molecule has 0 radical (unpaired) electrons. The first kappa shape index (κ1) is 17.0. The van der Waals surface area contributed by atoms with Gasteiger partial charge in [0.15, 0.2) is 0 Å². The largest absolute Gasteiger partial charge is 0.494 e. The molecule has 0 spiro atoms. The Morgan fingerprint density at radius 2 is 0.903 bits per heavy atom. The first-order valence-electron chi connectivity index (χ1n) is 10.5. The van der Waals surface area contributed by atoms with Gasteiger partial charge in [0.05, 0.1) is 11.4 Å². The molecule has 1 aromatic carbocycles. The lowest BCUT2D eigenvalue weighted by molar-refractivity contribution is 0.394. The van der Waals surface area contributed by atoms with Crippen molar-refractivity contribution in [1.29, 1.82) is 0 Å². The number of hydrogen-bond donors (Lipinski definition) is 5. The van der Waals surface area contributed by atoms with E-state index in [0.29, 0.717) is 17.1 Å². The minimum absolute atomic E-state index is 0.00610. The van der Waals surface area contributed by atoms with Crippen LogP contribution in [0.15, 0.2) is 42.5 Å². The molecule has 4 atom stereocenters. The number of rotatable bonds is 2. The standard InChI is InChI=1S/C24H21N3O4/c25-14-7-15(26-21(28)17-10-1-2-11(5-10)18(17)22(26)29)9-16(8-14)27-23(30)19-12-3-4-13(6-12)20(19)24(27)31/h1-4,7-13,28-31H,5-6,25H2. The van der Waals surface area contributed by atoms with E-state index in [0.717, 1.165) is 35.1 Å². The van der Waals surface area contributed by atoms with Gasteiger partial charge in [-0.3, -0.25) is 9.13 Å². The summed E-state index contributed by atoms with van der Waals surface area (Å²) in [6.45, 7) is 0. The number of benzene rings is 1. The average Bonchev–Trinajstić information content (AvgIpc) is 3.55. The normalized spacial score (nSPS) is 26.2. The molecule has 4 aliphatic rings. The maximum Gasteiger partial charge on any atom is 0.202 e. The van der Waals surface area contributed by atoms with E-state index in [1.165, 1.54) is 9.13 Å². The summed E-state index contributed by atoms with van der Waals surface area (Å²) in [4.78, 5) is 0. The average molecular weight is 415 g/mol. The number of aromatic hydroxyl groups is 4. The Bertz CT molecular complexity index is 1200. The van der Waals surface area contributed by atoms with E-state index in [-0.39, 0.29) is 47.2 Å². The summed E-state index contributed by atoms with van der Waals surface area (Å²) in [6, 6.07) is 5.01.